The van der Waals surface area contributed by atoms with E-state index in [-0.39, 0.29) is 18.3 Å². The molecule has 104 valence electrons. The van der Waals surface area contributed by atoms with Crippen LogP contribution in [0.15, 0.2) is 42.5 Å². The lowest BCUT2D eigenvalue weighted by Gasteiger charge is -2.11. The molecule has 0 aromatic heterocycles. The molecule has 0 aliphatic carbocycles. The smallest absolute Gasteiger partial charge is 0.262 e. The lowest BCUT2D eigenvalue weighted by atomic mass is 10.1. The van der Waals surface area contributed by atoms with Gasteiger partial charge in [-0.1, -0.05) is 24.3 Å². The number of amides is 1. The van der Waals surface area contributed by atoms with Crippen molar-refractivity contribution in [3.8, 4) is 5.75 Å². The van der Waals surface area contributed by atoms with Crippen LogP contribution < -0.4 is 10.1 Å². The summed E-state index contributed by atoms with van der Waals surface area (Å²) in [5.41, 5.74) is 2.84. The molecule has 4 heteroatoms. The first-order valence-corrected chi connectivity index (χ1v) is 6.31. The van der Waals surface area contributed by atoms with Crippen LogP contribution in [-0.2, 0) is 4.79 Å². The molecule has 0 heterocycles. The van der Waals surface area contributed by atoms with E-state index in [1.54, 1.807) is 12.1 Å². The number of halogens is 1. The predicted molar refractivity (Wildman–Crippen MR) is 76.4 cm³/mol. The van der Waals surface area contributed by atoms with Gasteiger partial charge in [0.05, 0.1) is 0 Å². The summed E-state index contributed by atoms with van der Waals surface area (Å²) in [5.74, 6) is -0.724. The fourth-order valence-corrected chi connectivity index (χ4v) is 1.78. The van der Waals surface area contributed by atoms with Gasteiger partial charge in [0.25, 0.3) is 5.91 Å². The SMILES string of the molecule is Cc1cccc(NC(=O)COc2ccccc2F)c1C. The third-order valence-electron chi connectivity index (χ3n) is 3.07. The van der Waals surface area contributed by atoms with Gasteiger partial charge < -0.3 is 10.1 Å². The number of hydrogen-bond acceptors (Lipinski definition) is 2. The van der Waals surface area contributed by atoms with Gasteiger partial charge in [-0.3, -0.25) is 4.79 Å². The molecule has 2 aromatic rings. The second-order valence-corrected chi connectivity index (χ2v) is 4.51. The second-order valence-electron chi connectivity index (χ2n) is 4.51. The minimum Gasteiger partial charge on any atom is -0.481 e. The number of nitrogens with one attached hydrogen (secondary N) is 1. The molecule has 0 fully saturated rings. The standard InChI is InChI=1S/C16H16FNO2/c1-11-6-5-8-14(12(11)2)18-16(19)10-20-15-9-4-3-7-13(15)17/h3-9H,10H2,1-2H3,(H,18,19). The number of rotatable bonds is 4. The van der Waals surface area contributed by atoms with Crippen LogP contribution in [0.25, 0.3) is 0 Å². The molecule has 2 rings (SSSR count). The molecule has 0 radical (unpaired) electrons. The van der Waals surface area contributed by atoms with Gasteiger partial charge in [-0.25, -0.2) is 4.39 Å². The third-order valence-corrected chi connectivity index (χ3v) is 3.07. The topological polar surface area (TPSA) is 38.3 Å². The zero-order valence-electron chi connectivity index (χ0n) is 11.4. The molecule has 1 N–H and O–H groups in total. The van der Waals surface area contributed by atoms with Crippen molar-refractivity contribution in [3.63, 3.8) is 0 Å². The normalized spacial score (nSPS) is 10.2. The Morgan fingerprint density at radius 2 is 1.90 bits per heavy atom. The Morgan fingerprint density at radius 3 is 2.65 bits per heavy atom. The van der Waals surface area contributed by atoms with Gasteiger partial charge in [-0.15, -0.1) is 0 Å². The fourth-order valence-electron chi connectivity index (χ4n) is 1.78. The van der Waals surface area contributed by atoms with Crippen LogP contribution in [0, 0.1) is 19.7 Å². The van der Waals surface area contributed by atoms with Gasteiger partial charge in [0.2, 0.25) is 0 Å². The Hall–Kier alpha value is -2.36. The number of aryl methyl sites for hydroxylation is 1. The Labute approximate surface area is 117 Å². The molecule has 0 saturated carbocycles. The molecule has 20 heavy (non-hydrogen) atoms. The van der Waals surface area contributed by atoms with Gasteiger partial charge in [-0.05, 0) is 43.2 Å². The van der Waals surface area contributed by atoms with Gasteiger partial charge >= 0.3 is 0 Å². The highest BCUT2D eigenvalue weighted by Crippen LogP contribution is 2.18. The van der Waals surface area contributed by atoms with E-state index in [0.29, 0.717) is 0 Å². The number of carbonyl (C=O) groups is 1. The zero-order chi connectivity index (χ0) is 14.5. The van der Waals surface area contributed by atoms with Crippen LogP contribution in [0.3, 0.4) is 0 Å². The maximum absolute atomic E-state index is 13.3. The molecule has 0 unspecified atom stereocenters. The highest BCUT2D eigenvalue weighted by Gasteiger charge is 2.08. The van der Waals surface area contributed by atoms with Gasteiger partial charge in [0.1, 0.15) is 0 Å². The van der Waals surface area contributed by atoms with Crippen LogP contribution in [0.4, 0.5) is 10.1 Å². The summed E-state index contributed by atoms with van der Waals surface area (Å²) in [5, 5.41) is 2.75. The van der Waals surface area contributed by atoms with E-state index in [4.69, 9.17) is 4.74 Å². The molecular weight excluding hydrogens is 257 g/mol. The third kappa shape index (κ3) is 3.35. The van der Waals surface area contributed by atoms with Crippen molar-refractivity contribution in [1.82, 2.24) is 0 Å². The first-order chi connectivity index (χ1) is 9.58. The number of para-hydroxylation sites is 1. The highest BCUT2D eigenvalue weighted by molar-refractivity contribution is 5.92. The predicted octanol–water partition coefficient (Wildman–Crippen LogP) is 3.46. The summed E-state index contributed by atoms with van der Waals surface area (Å²) in [4.78, 5) is 11.8. The molecule has 0 spiro atoms. The maximum Gasteiger partial charge on any atom is 0.262 e. The van der Waals surface area contributed by atoms with Crippen LogP contribution in [0.5, 0.6) is 5.75 Å². The molecule has 0 aliphatic rings. The summed E-state index contributed by atoms with van der Waals surface area (Å²) in [7, 11) is 0. The monoisotopic (exact) mass is 273 g/mol. The molecule has 0 saturated heterocycles. The average Bonchev–Trinajstić information content (AvgIpc) is 2.43. The summed E-state index contributed by atoms with van der Waals surface area (Å²) in [6.07, 6.45) is 0. The van der Waals surface area contributed by atoms with E-state index >= 15 is 0 Å². The van der Waals surface area contributed by atoms with Crippen molar-refractivity contribution in [2.45, 2.75) is 13.8 Å². The van der Waals surface area contributed by atoms with Crippen molar-refractivity contribution < 1.29 is 13.9 Å². The van der Waals surface area contributed by atoms with Crippen LogP contribution in [0.1, 0.15) is 11.1 Å². The van der Waals surface area contributed by atoms with Crippen molar-refractivity contribution in [1.29, 1.82) is 0 Å². The van der Waals surface area contributed by atoms with Gasteiger partial charge in [0.15, 0.2) is 18.2 Å². The first kappa shape index (κ1) is 14.1. The van der Waals surface area contributed by atoms with Crippen LogP contribution >= 0.6 is 0 Å². The van der Waals surface area contributed by atoms with Crippen molar-refractivity contribution >= 4 is 11.6 Å². The Balaban J connectivity index is 1.96. The Morgan fingerprint density at radius 1 is 1.15 bits per heavy atom. The zero-order valence-corrected chi connectivity index (χ0v) is 11.4. The van der Waals surface area contributed by atoms with E-state index in [2.05, 4.69) is 5.32 Å². The summed E-state index contributed by atoms with van der Waals surface area (Å²) in [6, 6.07) is 11.7. The summed E-state index contributed by atoms with van der Waals surface area (Å²) in [6.45, 7) is 3.68. The van der Waals surface area contributed by atoms with Crippen molar-refractivity contribution in [2.24, 2.45) is 0 Å². The minimum absolute atomic E-state index is 0.0728. The quantitative estimate of drug-likeness (QED) is 0.926. The molecule has 0 aliphatic heterocycles. The van der Waals surface area contributed by atoms with Gasteiger partial charge in [0, 0.05) is 5.69 Å². The number of benzene rings is 2. The Bertz CT molecular complexity index is 626. The first-order valence-electron chi connectivity index (χ1n) is 6.31. The largest absolute Gasteiger partial charge is 0.481 e. The van der Waals surface area contributed by atoms with Crippen molar-refractivity contribution in [2.75, 3.05) is 11.9 Å². The number of hydrogen-bond donors (Lipinski definition) is 1. The fraction of sp³-hybridized carbons (Fsp3) is 0.188. The molecule has 3 nitrogen and oxygen atoms in total. The van der Waals surface area contributed by atoms with Crippen LogP contribution in [-0.4, -0.2) is 12.5 Å². The second kappa shape index (κ2) is 6.19. The average molecular weight is 273 g/mol. The highest BCUT2D eigenvalue weighted by atomic mass is 19.1. The van der Waals surface area contributed by atoms with Crippen LogP contribution in [0.2, 0.25) is 0 Å². The summed E-state index contributed by atoms with van der Waals surface area (Å²) < 4.78 is 18.5. The Kier molecular flexibility index (Phi) is 4.35. The molecule has 0 bridgehead atoms. The maximum atomic E-state index is 13.3. The van der Waals surface area contributed by atoms with E-state index in [0.717, 1.165) is 16.8 Å². The molecule has 1 amide bonds. The summed E-state index contributed by atoms with van der Waals surface area (Å²) >= 11 is 0. The lowest BCUT2D eigenvalue weighted by molar-refractivity contribution is -0.118. The van der Waals surface area contributed by atoms with Gasteiger partial charge in [-0.2, -0.15) is 0 Å². The van der Waals surface area contributed by atoms with Crippen molar-refractivity contribution in [3.05, 3.63) is 59.4 Å². The number of carbonyl (C=O) groups excluding carboxylic acids is 1. The molecule has 0 atom stereocenters. The van der Waals surface area contributed by atoms with E-state index < -0.39 is 5.82 Å². The van der Waals surface area contributed by atoms with E-state index in [9.17, 15) is 9.18 Å². The number of anilines is 1. The lowest BCUT2D eigenvalue weighted by Crippen LogP contribution is -2.21. The molecule has 2 aromatic carbocycles. The van der Waals surface area contributed by atoms with E-state index in [1.807, 2.05) is 32.0 Å². The van der Waals surface area contributed by atoms with E-state index in [1.165, 1.54) is 12.1 Å². The number of ether oxygens (including phenoxy) is 1. The molecular formula is C16H16FNO2. The minimum atomic E-state index is -0.480.